The van der Waals surface area contributed by atoms with E-state index in [4.69, 9.17) is 26.1 Å². The van der Waals surface area contributed by atoms with Crippen LogP contribution in [0.25, 0.3) is 22.0 Å². The Morgan fingerprint density at radius 3 is 2.44 bits per heavy atom. The van der Waals surface area contributed by atoms with Crippen molar-refractivity contribution in [3.05, 3.63) is 71.0 Å². The minimum absolute atomic E-state index is 0.00806. The van der Waals surface area contributed by atoms with Crippen molar-refractivity contribution in [1.82, 2.24) is 29.7 Å². The fourth-order valence-corrected chi connectivity index (χ4v) is 5.66. The molecule has 1 amide bonds. The lowest BCUT2D eigenvalue weighted by molar-refractivity contribution is 0.0158. The molecule has 2 aromatic heterocycles. The topological polar surface area (TPSA) is 96.8 Å². The van der Waals surface area contributed by atoms with Crippen molar-refractivity contribution in [3.63, 3.8) is 0 Å². The van der Waals surface area contributed by atoms with Crippen LogP contribution in [0.5, 0.6) is 5.75 Å². The standard InChI is InChI=1S/C32H36ClF2N7O3/c1-19-16-41(13-14-42(19)31(43)45-32(2,3)4)30-20-15-21(33)26(27-22(34)9-7-10-23(27)44-6)28(35)29(20)38-25(39-30)18-40(5)17-24-36-11-8-12-37-24/h7-12,15,19H,13-14,16-18H2,1-6H3. The minimum atomic E-state index is -0.791. The number of piperazine rings is 1. The second kappa shape index (κ2) is 13.1. The van der Waals surface area contributed by atoms with Gasteiger partial charge in [-0.3, -0.25) is 4.90 Å². The summed E-state index contributed by atoms with van der Waals surface area (Å²) in [6.45, 7) is 9.22. The molecular formula is C32H36ClF2N7O3. The maximum absolute atomic E-state index is 16.6. The molecule has 238 valence electrons. The third kappa shape index (κ3) is 7.07. The van der Waals surface area contributed by atoms with Gasteiger partial charge in [-0.05, 0) is 59.0 Å². The van der Waals surface area contributed by atoms with Crippen LogP contribution in [-0.4, -0.2) is 81.3 Å². The fourth-order valence-electron chi connectivity index (χ4n) is 5.38. The first-order valence-electron chi connectivity index (χ1n) is 14.6. The summed E-state index contributed by atoms with van der Waals surface area (Å²) in [4.78, 5) is 36.5. The van der Waals surface area contributed by atoms with Crippen molar-refractivity contribution in [1.29, 1.82) is 0 Å². The van der Waals surface area contributed by atoms with Gasteiger partial charge in [0.1, 0.15) is 40.2 Å². The number of anilines is 1. The smallest absolute Gasteiger partial charge is 0.410 e. The van der Waals surface area contributed by atoms with Crippen LogP contribution in [-0.2, 0) is 17.8 Å². The van der Waals surface area contributed by atoms with Crippen LogP contribution in [0, 0.1) is 11.6 Å². The summed E-state index contributed by atoms with van der Waals surface area (Å²) >= 11 is 6.70. The van der Waals surface area contributed by atoms with Crippen LogP contribution < -0.4 is 9.64 Å². The van der Waals surface area contributed by atoms with Crippen LogP contribution in [0.1, 0.15) is 39.3 Å². The van der Waals surface area contributed by atoms with Crippen molar-refractivity contribution in [2.75, 3.05) is 38.7 Å². The summed E-state index contributed by atoms with van der Waals surface area (Å²) in [6, 6.07) is 7.31. The van der Waals surface area contributed by atoms with Crippen molar-refractivity contribution in [2.45, 2.75) is 52.4 Å². The molecule has 0 aliphatic carbocycles. The average molecular weight is 640 g/mol. The zero-order chi connectivity index (χ0) is 32.5. The van der Waals surface area contributed by atoms with Crippen LogP contribution in [0.3, 0.4) is 0 Å². The summed E-state index contributed by atoms with van der Waals surface area (Å²) in [6.07, 6.45) is 2.93. The Balaban J connectivity index is 1.58. The highest BCUT2D eigenvalue weighted by Gasteiger charge is 2.33. The molecule has 1 unspecified atom stereocenters. The Labute approximate surface area is 266 Å². The van der Waals surface area contributed by atoms with Crippen molar-refractivity contribution >= 4 is 34.4 Å². The Bertz CT molecular complexity index is 1700. The van der Waals surface area contributed by atoms with Crippen LogP contribution in [0.15, 0.2) is 42.7 Å². The summed E-state index contributed by atoms with van der Waals surface area (Å²) in [5.41, 5.74) is -0.880. The van der Waals surface area contributed by atoms with Gasteiger partial charge in [0.25, 0.3) is 0 Å². The molecular weight excluding hydrogens is 604 g/mol. The summed E-state index contributed by atoms with van der Waals surface area (Å²) in [7, 11) is 3.24. The van der Waals surface area contributed by atoms with Gasteiger partial charge in [-0.25, -0.2) is 33.5 Å². The Hall–Kier alpha value is -4.16. The summed E-state index contributed by atoms with van der Waals surface area (Å²) in [5, 5.41) is 0.354. The van der Waals surface area contributed by atoms with E-state index in [1.807, 2.05) is 44.5 Å². The van der Waals surface area contributed by atoms with Gasteiger partial charge in [0.2, 0.25) is 0 Å². The number of ether oxygens (including phenoxy) is 2. The highest BCUT2D eigenvalue weighted by Crippen LogP contribution is 2.42. The van der Waals surface area contributed by atoms with E-state index in [1.165, 1.54) is 19.2 Å². The van der Waals surface area contributed by atoms with E-state index in [1.54, 1.807) is 35.5 Å². The predicted molar refractivity (Wildman–Crippen MR) is 168 cm³/mol. The lowest BCUT2D eigenvalue weighted by atomic mass is 10.0. The first-order valence-corrected chi connectivity index (χ1v) is 14.9. The number of benzene rings is 2. The summed E-state index contributed by atoms with van der Waals surface area (Å²) < 4.78 is 42.7. The highest BCUT2D eigenvalue weighted by molar-refractivity contribution is 6.34. The molecule has 0 radical (unpaired) electrons. The van der Waals surface area contributed by atoms with Crippen molar-refractivity contribution < 1.29 is 23.0 Å². The zero-order valence-corrected chi connectivity index (χ0v) is 26.9. The SMILES string of the molecule is COc1cccc(F)c1-c1c(Cl)cc2c(N3CCN(C(=O)OC(C)(C)C)C(C)C3)nc(CN(C)Cc3ncccn3)nc2c1F. The molecule has 1 fully saturated rings. The van der Waals surface area contributed by atoms with Gasteiger partial charge >= 0.3 is 6.09 Å². The summed E-state index contributed by atoms with van der Waals surface area (Å²) in [5.74, 6) is 0.0760. The molecule has 1 aliphatic rings. The van der Waals surface area contributed by atoms with Gasteiger partial charge < -0.3 is 19.3 Å². The number of hydrogen-bond donors (Lipinski definition) is 0. The van der Waals surface area contributed by atoms with Gasteiger partial charge in [0.05, 0.1) is 30.8 Å². The quantitative estimate of drug-likeness (QED) is 0.237. The van der Waals surface area contributed by atoms with Crippen LogP contribution >= 0.6 is 11.6 Å². The maximum atomic E-state index is 16.6. The second-order valence-corrected chi connectivity index (χ2v) is 12.4. The van der Waals surface area contributed by atoms with E-state index < -0.39 is 23.3 Å². The number of methoxy groups -OCH3 is 1. The predicted octanol–water partition coefficient (Wildman–Crippen LogP) is 6.10. The molecule has 5 rings (SSSR count). The van der Waals surface area contributed by atoms with Crippen molar-refractivity contribution in [2.24, 2.45) is 0 Å². The maximum Gasteiger partial charge on any atom is 0.410 e. The average Bonchev–Trinajstić information content (AvgIpc) is 2.97. The molecule has 1 atom stereocenters. The Morgan fingerprint density at radius 2 is 1.78 bits per heavy atom. The minimum Gasteiger partial charge on any atom is -0.496 e. The Kier molecular flexibility index (Phi) is 9.36. The number of carbonyl (C=O) groups excluding carboxylic acids is 1. The van der Waals surface area contributed by atoms with Gasteiger partial charge in [0, 0.05) is 49.0 Å². The van der Waals surface area contributed by atoms with E-state index in [9.17, 15) is 4.79 Å². The third-order valence-corrected chi connectivity index (χ3v) is 7.65. The number of fused-ring (bicyclic) bond motifs is 1. The molecule has 0 N–H and O–H groups in total. The van der Waals surface area contributed by atoms with E-state index in [0.717, 1.165) is 0 Å². The zero-order valence-electron chi connectivity index (χ0n) is 26.1. The van der Waals surface area contributed by atoms with E-state index in [2.05, 4.69) is 15.0 Å². The highest BCUT2D eigenvalue weighted by atomic mass is 35.5. The fraction of sp³-hybridized carbons (Fsp3) is 0.406. The monoisotopic (exact) mass is 639 g/mol. The van der Waals surface area contributed by atoms with Crippen LogP contribution in [0.4, 0.5) is 19.4 Å². The lowest BCUT2D eigenvalue weighted by Gasteiger charge is -2.41. The number of amides is 1. The molecule has 0 bridgehead atoms. The molecule has 13 heteroatoms. The molecule has 45 heavy (non-hydrogen) atoms. The third-order valence-electron chi connectivity index (χ3n) is 7.35. The van der Waals surface area contributed by atoms with E-state index >= 15 is 8.78 Å². The molecule has 2 aromatic carbocycles. The van der Waals surface area contributed by atoms with Gasteiger partial charge in [-0.2, -0.15) is 0 Å². The van der Waals surface area contributed by atoms with Gasteiger partial charge in [0.15, 0.2) is 5.82 Å². The Morgan fingerprint density at radius 1 is 1.07 bits per heavy atom. The molecule has 1 saturated heterocycles. The molecule has 0 saturated carbocycles. The van der Waals surface area contributed by atoms with Gasteiger partial charge in [-0.1, -0.05) is 17.7 Å². The number of halogens is 3. The second-order valence-electron chi connectivity index (χ2n) is 12.0. The number of rotatable bonds is 7. The molecule has 10 nitrogen and oxygen atoms in total. The first kappa shape index (κ1) is 32.2. The van der Waals surface area contributed by atoms with E-state index in [-0.39, 0.29) is 40.0 Å². The molecule has 4 aromatic rings. The number of nitrogens with zero attached hydrogens (tertiary/aromatic N) is 7. The normalized spacial score (nSPS) is 15.6. The van der Waals surface area contributed by atoms with E-state index in [0.29, 0.717) is 49.0 Å². The molecule has 0 spiro atoms. The molecule has 1 aliphatic heterocycles. The largest absolute Gasteiger partial charge is 0.496 e. The number of carbonyl (C=O) groups is 1. The number of aromatic nitrogens is 4. The lowest BCUT2D eigenvalue weighted by Crippen LogP contribution is -2.55. The first-order chi connectivity index (χ1) is 21.4. The van der Waals surface area contributed by atoms with Crippen molar-refractivity contribution in [3.8, 4) is 16.9 Å². The molecule has 3 heterocycles. The van der Waals surface area contributed by atoms with Gasteiger partial charge in [-0.15, -0.1) is 0 Å². The number of hydrogen-bond acceptors (Lipinski definition) is 9. The van der Waals surface area contributed by atoms with Crippen LogP contribution in [0.2, 0.25) is 5.02 Å².